The highest BCUT2D eigenvalue weighted by Crippen LogP contribution is 2.22. The average Bonchev–Trinajstić information content (AvgIpc) is 2.30. The first kappa shape index (κ1) is 12.5. The Hall–Kier alpha value is -1.58. The largest absolute Gasteiger partial charge is 0.473 e. The highest BCUT2D eigenvalue weighted by atomic mass is 16.5. The molecular formula is C12H19N3O. The van der Waals surface area contributed by atoms with E-state index in [1.807, 2.05) is 26.0 Å². The van der Waals surface area contributed by atoms with Gasteiger partial charge in [-0.15, -0.1) is 0 Å². The van der Waals surface area contributed by atoms with Crippen LogP contribution in [0.3, 0.4) is 0 Å². The number of rotatable bonds is 6. The van der Waals surface area contributed by atoms with E-state index in [4.69, 9.17) is 4.74 Å². The molecule has 0 aliphatic carbocycles. The number of hydrogen-bond donors (Lipinski definition) is 1. The van der Waals surface area contributed by atoms with Crippen LogP contribution in [-0.2, 0) is 6.42 Å². The van der Waals surface area contributed by atoms with E-state index in [1.54, 1.807) is 0 Å². The second kappa shape index (κ2) is 6.82. The van der Waals surface area contributed by atoms with Gasteiger partial charge in [0.2, 0.25) is 5.88 Å². The van der Waals surface area contributed by atoms with Crippen LogP contribution in [0.5, 0.6) is 5.88 Å². The third-order valence-corrected chi connectivity index (χ3v) is 2.16. The van der Waals surface area contributed by atoms with E-state index in [0.29, 0.717) is 12.5 Å². The second-order valence-corrected chi connectivity index (χ2v) is 3.27. The third kappa shape index (κ3) is 3.22. The Morgan fingerprint density at radius 3 is 2.81 bits per heavy atom. The molecule has 1 rings (SSSR count). The van der Waals surface area contributed by atoms with Crippen LogP contribution in [0.15, 0.2) is 18.5 Å². The number of aromatic nitrogens is 2. The van der Waals surface area contributed by atoms with Crippen molar-refractivity contribution < 1.29 is 4.74 Å². The zero-order valence-electron chi connectivity index (χ0n) is 10.2. The van der Waals surface area contributed by atoms with Crippen LogP contribution in [-0.4, -0.2) is 23.1 Å². The van der Waals surface area contributed by atoms with Crippen LogP contribution in [0.1, 0.15) is 26.3 Å². The summed E-state index contributed by atoms with van der Waals surface area (Å²) in [5.74, 6) is 1.54. The molecule has 0 spiro atoms. The minimum absolute atomic E-state index is 0.548. The zero-order chi connectivity index (χ0) is 11.8. The summed E-state index contributed by atoms with van der Waals surface area (Å²) in [4.78, 5) is 8.36. The lowest BCUT2D eigenvalue weighted by molar-refractivity contribution is 0.343. The molecule has 0 saturated carbocycles. The summed E-state index contributed by atoms with van der Waals surface area (Å²) in [5.41, 5.74) is 1.04. The average molecular weight is 221 g/mol. The van der Waals surface area contributed by atoms with E-state index in [-0.39, 0.29) is 0 Å². The van der Waals surface area contributed by atoms with Gasteiger partial charge < -0.3 is 10.1 Å². The summed E-state index contributed by atoms with van der Waals surface area (Å²) < 4.78 is 5.58. The molecule has 1 aromatic heterocycles. The Morgan fingerprint density at radius 2 is 2.19 bits per heavy atom. The molecule has 0 saturated heterocycles. The third-order valence-electron chi connectivity index (χ3n) is 2.16. The molecule has 88 valence electrons. The summed E-state index contributed by atoms with van der Waals surface area (Å²) in [6.45, 7) is 7.47. The number of allylic oxidation sites excluding steroid dienone is 1. The summed E-state index contributed by atoms with van der Waals surface area (Å²) in [5, 5.41) is 3.21. The molecule has 4 nitrogen and oxygen atoms in total. The molecule has 0 aliphatic heterocycles. The SMILES string of the molecule is C/C=C/COc1ncnc(NCC)c1CC. The van der Waals surface area contributed by atoms with Crippen molar-refractivity contribution >= 4 is 5.82 Å². The van der Waals surface area contributed by atoms with Gasteiger partial charge >= 0.3 is 0 Å². The van der Waals surface area contributed by atoms with Gasteiger partial charge in [-0.05, 0) is 20.3 Å². The first-order valence-electron chi connectivity index (χ1n) is 5.65. The normalized spacial score (nSPS) is 10.7. The summed E-state index contributed by atoms with van der Waals surface area (Å²) in [7, 11) is 0. The lowest BCUT2D eigenvalue weighted by atomic mass is 10.2. The van der Waals surface area contributed by atoms with Crippen molar-refractivity contribution in [1.82, 2.24) is 9.97 Å². The van der Waals surface area contributed by atoms with E-state index in [9.17, 15) is 0 Å². The summed E-state index contributed by atoms with van der Waals surface area (Å²) in [6.07, 6.45) is 6.29. The smallest absolute Gasteiger partial charge is 0.222 e. The molecule has 1 heterocycles. The summed E-state index contributed by atoms with van der Waals surface area (Å²) >= 11 is 0. The number of nitrogens with zero attached hydrogens (tertiary/aromatic N) is 2. The molecule has 1 N–H and O–H groups in total. The fraction of sp³-hybridized carbons (Fsp3) is 0.500. The van der Waals surface area contributed by atoms with Crippen LogP contribution in [0.25, 0.3) is 0 Å². The van der Waals surface area contributed by atoms with Gasteiger partial charge in [0.15, 0.2) is 0 Å². The predicted octanol–water partition coefficient (Wildman–Crippen LogP) is 2.43. The van der Waals surface area contributed by atoms with Gasteiger partial charge in [0.1, 0.15) is 18.8 Å². The molecule has 0 aromatic carbocycles. The first-order valence-corrected chi connectivity index (χ1v) is 5.65. The van der Waals surface area contributed by atoms with Crippen molar-refractivity contribution in [3.05, 3.63) is 24.0 Å². The number of nitrogens with one attached hydrogen (secondary N) is 1. The highest BCUT2D eigenvalue weighted by molar-refractivity contribution is 5.48. The lowest BCUT2D eigenvalue weighted by Crippen LogP contribution is -2.07. The molecule has 0 radical (unpaired) electrons. The zero-order valence-corrected chi connectivity index (χ0v) is 10.2. The van der Waals surface area contributed by atoms with E-state index >= 15 is 0 Å². The van der Waals surface area contributed by atoms with Crippen LogP contribution >= 0.6 is 0 Å². The van der Waals surface area contributed by atoms with Crippen LogP contribution in [0.2, 0.25) is 0 Å². The van der Waals surface area contributed by atoms with Crippen molar-refractivity contribution in [2.24, 2.45) is 0 Å². The Kier molecular flexibility index (Phi) is 5.32. The minimum atomic E-state index is 0.548. The van der Waals surface area contributed by atoms with Crippen LogP contribution in [0, 0.1) is 0 Å². The number of hydrogen-bond acceptors (Lipinski definition) is 4. The number of anilines is 1. The maximum Gasteiger partial charge on any atom is 0.222 e. The monoisotopic (exact) mass is 221 g/mol. The van der Waals surface area contributed by atoms with Crippen LogP contribution in [0.4, 0.5) is 5.82 Å². The van der Waals surface area contributed by atoms with E-state index in [2.05, 4.69) is 22.2 Å². The van der Waals surface area contributed by atoms with Crippen LogP contribution < -0.4 is 10.1 Å². The fourth-order valence-corrected chi connectivity index (χ4v) is 1.38. The molecule has 0 aliphatic rings. The minimum Gasteiger partial charge on any atom is -0.473 e. The molecule has 0 unspecified atom stereocenters. The fourth-order valence-electron chi connectivity index (χ4n) is 1.38. The van der Waals surface area contributed by atoms with E-state index in [0.717, 1.165) is 24.3 Å². The van der Waals surface area contributed by atoms with Gasteiger partial charge in [0.05, 0.1) is 5.56 Å². The van der Waals surface area contributed by atoms with E-state index < -0.39 is 0 Å². The number of ether oxygens (including phenoxy) is 1. The molecule has 0 atom stereocenters. The highest BCUT2D eigenvalue weighted by Gasteiger charge is 2.09. The van der Waals surface area contributed by atoms with Gasteiger partial charge in [0.25, 0.3) is 0 Å². The van der Waals surface area contributed by atoms with Crippen molar-refractivity contribution in [2.45, 2.75) is 27.2 Å². The van der Waals surface area contributed by atoms with Gasteiger partial charge in [-0.1, -0.05) is 19.1 Å². The molecule has 1 aromatic rings. The maximum atomic E-state index is 5.58. The van der Waals surface area contributed by atoms with Crippen molar-refractivity contribution in [3.63, 3.8) is 0 Å². The van der Waals surface area contributed by atoms with Crippen molar-refractivity contribution in [3.8, 4) is 5.88 Å². The second-order valence-electron chi connectivity index (χ2n) is 3.27. The molecule has 0 fully saturated rings. The molecular weight excluding hydrogens is 202 g/mol. The van der Waals surface area contributed by atoms with E-state index in [1.165, 1.54) is 6.33 Å². The Bertz CT molecular complexity index is 350. The van der Waals surface area contributed by atoms with Gasteiger partial charge in [-0.25, -0.2) is 9.97 Å². The first-order chi connectivity index (χ1) is 7.83. The quantitative estimate of drug-likeness (QED) is 0.749. The summed E-state index contributed by atoms with van der Waals surface area (Å²) in [6, 6.07) is 0. The molecule has 16 heavy (non-hydrogen) atoms. The van der Waals surface area contributed by atoms with Crippen molar-refractivity contribution in [1.29, 1.82) is 0 Å². The lowest BCUT2D eigenvalue weighted by Gasteiger charge is -2.11. The Morgan fingerprint density at radius 1 is 1.38 bits per heavy atom. The van der Waals surface area contributed by atoms with Gasteiger partial charge in [0, 0.05) is 6.54 Å². The topological polar surface area (TPSA) is 47.0 Å². The molecule has 0 bridgehead atoms. The Balaban J connectivity index is 2.85. The van der Waals surface area contributed by atoms with Crippen molar-refractivity contribution in [2.75, 3.05) is 18.5 Å². The Labute approximate surface area is 96.8 Å². The van der Waals surface area contributed by atoms with Gasteiger partial charge in [-0.3, -0.25) is 0 Å². The predicted molar refractivity (Wildman–Crippen MR) is 65.9 cm³/mol. The standard InChI is InChI=1S/C12H19N3O/c1-4-7-8-16-12-10(5-2)11(13-6-3)14-9-15-12/h4,7,9H,5-6,8H2,1-3H3,(H,13,14,15)/b7-4+. The molecule has 4 heteroatoms. The van der Waals surface area contributed by atoms with Gasteiger partial charge in [-0.2, -0.15) is 0 Å². The maximum absolute atomic E-state index is 5.58. The molecule has 0 amide bonds.